The van der Waals surface area contributed by atoms with Crippen molar-refractivity contribution >= 4 is 5.97 Å². The fraction of sp³-hybridized carbons (Fsp3) is 0.938. The van der Waals surface area contributed by atoms with Crippen LogP contribution in [-0.4, -0.2) is 11.6 Å². The van der Waals surface area contributed by atoms with Crippen LogP contribution >= 0.6 is 0 Å². The Bertz CT molecular complexity index is 387. The Labute approximate surface area is 110 Å². The summed E-state index contributed by atoms with van der Waals surface area (Å²) in [5.41, 5.74) is 0.248. The van der Waals surface area contributed by atoms with Crippen LogP contribution in [0.4, 0.5) is 0 Å². The molecule has 18 heavy (non-hydrogen) atoms. The molecule has 1 heterocycles. The van der Waals surface area contributed by atoms with Crippen LogP contribution in [0.1, 0.15) is 66.2 Å². The molecule has 1 spiro atoms. The molecule has 0 radical (unpaired) electrons. The van der Waals surface area contributed by atoms with Gasteiger partial charge in [0.2, 0.25) is 0 Å². The van der Waals surface area contributed by atoms with Crippen molar-refractivity contribution < 1.29 is 9.53 Å². The van der Waals surface area contributed by atoms with Crippen LogP contribution in [0.25, 0.3) is 0 Å². The van der Waals surface area contributed by atoms with Gasteiger partial charge in [0, 0.05) is 11.3 Å². The quantitative estimate of drug-likeness (QED) is 0.609. The van der Waals surface area contributed by atoms with Gasteiger partial charge in [-0.2, -0.15) is 0 Å². The van der Waals surface area contributed by atoms with Crippen molar-refractivity contribution in [2.24, 2.45) is 22.7 Å². The topological polar surface area (TPSA) is 26.3 Å². The van der Waals surface area contributed by atoms with E-state index in [9.17, 15) is 4.79 Å². The predicted octanol–water partition coefficient (Wildman–Crippen LogP) is 3.93. The molecule has 0 N–H and O–H groups in total. The summed E-state index contributed by atoms with van der Waals surface area (Å²) in [5, 5.41) is 0. The number of hydrogen-bond acceptors (Lipinski definition) is 2. The van der Waals surface area contributed by atoms with Gasteiger partial charge in [-0.25, -0.2) is 0 Å². The smallest absolute Gasteiger partial charge is 0.307 e. The van der Waals surface area contributed by atoms with E-state index >= 15 is 0 Å². The second-order valence-corrected chi connectivity index (χ2v) is 7.83. The Morgan fingerprint density at radius 2 is 1.89 bits per heavy atom. The minimum atomic E-state index is -0.149. The lowest BCUT2D eigenvalue weighted by atomic mass is 9.46. The average Bonchev–Trinajstić information content (AvgIpc) is 2.50. The fourth-order valence-corrected chi connectivity index (χ4v) is 5.35. The normalized spacial score (nSPS) is 50.3. The van der Waals surface area contributed by atoms with Gasteiger partial charge >= 0.3 is 5.97 Å². The van der Waals surface area contributed by atoms with Crippen LogP contribution in [0.15, 0.2) is 0 Å². The van der Waals surface area contributed by atoms with E-state index in [0.29, 0.717) is 23.7 Å². The van der Waals surface area contributed by atoms with Crippen molar-refractivity contribution in [3.05, 3.63) is 0 Å². The first-order chi connectivity index (χ1) is 8.32. The van der Waals surface area contributed by atoms with Gasteiger partial charge in [0.25, 0.3) is 0 Å². The average molecular weight is 250 g/mol. The van der Waals surface area contributed by atoms with Gasteiger partial charge in [-0.05, 0) is 43.4 Å². The van der Waals surface area contributed by atoms with E-state index in [1.807, 2.05) is 0 Å². The summed E-state index contributed by atoms with van der Waals surface area (Å²) in [4.78, 5) is 12.0. The molecule has 2 saturated carbocycles. The lowest BCUT2D eigenvalue weighted by molar-refractivity contribution is -0.202. The van der Waals surface area contributed by atoms with Gasteiger partial charge in [0.1, 0.15) is 5.60 Å². The Balaban J connectivity index is 2.10. The summed E-state index contributed by atoms with van der Waals surface area (Å²) in [6, 6.07) is 0. The zero-order valence-electron chi connectivity index (χ0n) is 12.2. The number of carbonyl (C=O) groups excluding carboxylic acids is 1. The van der Waals surface area contributed by atoms with E-state index in [1.165, 1.54) is 25.7 Å². The number of hydrogen-bond donors (Lipinski definition) is 0. The first-order valence-electron chi connectivity index (χ1n) is 7.54. The third-order valence-corrected chi connectivity index (χ3v) is 6.63. The van der Waals surface area contributed by atoms with E-state index in [4.69, 9.17) is 4.74 Å². The van der Waals surface area contributed by atoms with Crippen LogP contribution in [-0.2, 0) is 9.53 Å². The van der Waals surface area contributed by atoms with Crippen LogP contribution in [0.2, 0.25) is 0 Å². The van der Waals surface area contributed by atoms with Gasteiger partial charge in [-0.1, -0.05) is 27.7 Å². The molecule has 3 rings (SSSR count). The number of ether oxygens (including phenoxy) is 1. The largest absolute Gasteiger partial charge is 0.458 e. The molecule has 2 heteroatoms. The Hall–Kier alpha value is -0.530. The minimum Gasteiger partial charge on any atom is -0.458 e. The monoisotopic (exact) mass is 250 g/mol. The van der Waals surface area contributed by atoms with E-state index in [2.05, 4.69) is 27.7 Å². The van der Waals surface area contributed by atoms with E-state index in [1.54, 1.807) is 0 Å². The van der Waals surface area contributed by atoms with E-state index in [-0.39, 0.29) is 17.0 Å². The molecule has 0 aromatic heterocycles. The van der Waals surface area contributed by atoms with Crippen molar-refractivity contribution in [1.29, 1.82) is 0 Å². The van der Waals surface area contributed by atoms with Gasteiger partial charge in [0.15, 0.2) is 0 Å². The van der Waals surface area contributed by atoms with Crippen LogP contribution in [0.5, 0.6) is 0 Å². The van der Waals surface area contributed by atoms with E-state index in [0.717, 1.165) is 6.42 Å². The van der Waals surface area contributed by atoms with Crippen molar-refractivity contribution in [2.75, 3.05) is 0 Å². The van der Waals surface area contributed by atoms with Crippen molar-refractivity contribution in [1.82, 2.24) is 0 Å². The highest BCUT2D eigenvalue weighted by atomic mass is 16.6. The third-order valence-electron chi connectivity index (χ3n) is 6.63. The summed E-state index contributed by atoms with van der Waals surface area (Å²) < 4.78 is 6.03. The molecule has 1 saturated heterocycles. The molecular formula is C16H26O2. The molecule has 0 aromatic rings. The summed E-state index contributed by atoms with van der Waals surface area (Å²) in [6.45, 7) is 9.39. The van der Waals surface area contributed by atoms with Gasteiger partial charge in [-0.15, -0.1) is 0 Å². The molecule has 0 unspecified atom stereocenters. The SMILES string of the molecule is C[C@H]1CC[C@H]2C(C)(C)CCC[C@@]23OC(=O)C[C@]13C. The Kier molecular flexibility index (Phi) is 2.44. The van der Waals surface area contributed by atoms with Crippen LogP contribution < -0.4 is 0 Å². The highest BCUT2D eigenvalue weighted by Crippen LogP contribution is 2.66. The zero-order chi connectivity index (χ0) is 13.2. The molecule has 102 valence electrons. The second-order valence-electron chi connectivity index (χ2n) is 7.83. The molecule has 3 aliphatic rings. The maximum absolute atomic E-state index is 12.0. The Morgan fingerprint density at radius 3 is 2.61 bits per heavy atom. The summed E-state index contributed by atoms with van der Waals surface area (Å²) in [5.74, 6) is 1.22. The highest BCUT2D eigenvalue weighted by molar-refractivity contribution is 5.74. The van der Waals surface area contributed by atoms with Crippen LogP contribution in [0, 0.1) is 22.7 Å². The maximum atomic E-state index is 12.0. The second kappa shape index (κ2) is 3.52. The Morgan fingerprint density at radius 1 is 1.17 bits per heavy atom. The molecule has 0 bridgehead atoms. The molecule has 2 nitrogen and oxygen atoms in total. The number of carbonyl (C=O) groups is 1. The van der Waals surface area contributed by atoms with Crippen LogP contribution in [0.3, 0.4) is 0 Å². The summed E-state index contributed by atoms with van der Waals surface area (Å²) in [7, 11) is 0. The van der Waals surface area contributed by atoms with Crippen molar-refractivity contribution in [3.8, 4) is 0 Å². The van der Waals surface area contributed by atoms with Gasteiger partial charge in [0.05, 0.1) is 6.42 Å². The molecular weight excluding hydrogens is 224 g/mol. The molecule has 0 aromatic carbocycles. The number of rotatable bonds is 0. The molecule has 0 amide bonds. The molecule has 3 fully saturated rings. The number of esters is 1. The first kappa shape index (κ1) is 12.5. The first-order valence-corrected chi connectivity index (χ1v) is 7.54. The molecule has 1 aliphatic heterocycles. The molecule has 2 aliphatic carbocycles. The zero-order valence-corrected chi connectivity index (χ0v) is 12.2. The predicted molar refractivity (Wildman–Crippen MR) is 71.1 cm³/mol. The van der Waals surface area contributed by atoms with Crippen molar-refractivity contribution in [2.45, 2.75) is 71.8 Å². The summed E-state index contributed by atoms with van der Waals surface area (Å²) >= 11 is 0. The van der Waals surface area contributed by atoms with Crippen molar-refractivity contribution in [3.63, 3.8) is 0 Å². The summed E-state index contributed by atoms with van der Waals surface area (Å²) in [6.07, 6.45) is 6.70. The van der Waals surface area contributed by atoms with Gasteiger partial charge in [-0.3, -0.25) is 4.79 Å². The highest BCUT2D eigenvalue weighted by Gasteiger charge is 2.68. The van der Waals surface area contributed by atoms with E-state index < -0.39 is 0 Å². The standard InChI is InChI=1S/C16H26O2/c1-11-6-7-12-14(2,3)8-5-9-16(12)15(11,4)10-13(17)18-16/h11-12H,5-10H2,1-4H3/t11-,12-,15+,16+/m0/s1. The minimum absolute atomic E-state index is 0.0500. The lowest BCUT2D eigenvalue weighted by Gasteiger charge is -2.60. The van der Waals surface area contributed by atoms with Gasteiger partial charge < -0.3 is 4.74 Å². The fourth-order valence-electron chi connectivity index (χ4n) is 5.35. The lowest BCUT2D eigenvalue weighted by Crippen LogP contribution is -2.61. The third kappa shape index (κ3) is 1.32. The maximum Gasteiger partial charge on any atom is 0.307 e. The molecule has 4 atom stereocenters.